The van der Waals surface area contributed by atoms with Crippen LogP contribution in [0.2, 0.25) is 0 Å². The van der Waals surface area contributed by atoms with Gasteiger partial charge in [-0.2, -0.15) is 0 Å². The molecule has 0 spiro atoms. The summed E-state index contributed by atoms with van der Waals surface area (Å²) in [5.41, 5.74) is 15.6. The molecule has 0 saturated heterocycles. The second kappa shape index (κ2) is 14.7. The van der Waals surface area contributed by atoms with E-state index in [1.807, 2.05) is 17.4 Å². The molecule has 0 aliphatic rings. The van der Waals surface area contributed by atoms with Gasteiger partial charge < -0.3 is 13.7 Å². The summed E-state index contributed by atoms with van der Waals surface area (Å²) in [5, 5.41) is 6.63. The first-order valence-electron chi connectivity index (χ1n) is 21.7. The van der Waals surface area contributed by atoms with E-state index in [0.717, 1.165) is 94.3 Å². The van der Waals surface area contributed by atoms with Crippen molar-refractivity contribution in [2.24, 2.45) is 0 Å². The summed E-state index contributed by atoms with van der Waals surface area (Å²) >= 11 is 1.85. The highest BCUT2D eigenvalue weighted by atomic mass is 32.1. The maximum atomic E-state index is 7.15. The summed E-state index contributed by atoms with van der Waals surface area (Å²) in [6, 6.07) is 80.3. The lowest BCUT2D eigenvalue weighted by molar-refractivity contribution is 0.669. The minimum absolute atomic E-state index is 0.837. The van der Waals surface area contributed by atoms with Crippen LogP contribution < -0.4 is 4.90 Å². The van der Waals surface area contributed by atoms with Crippen LogP contribution in [0.25, 0.3) is 109 Å². The van der Waals surface area contributed by atoms with Crippen LogP contribution in [0.4, 0.5) is 17.1 Å². The number of para-hydroxylation sites is 1. The Bertz CT molecular complexity index is 3890. The van der Waals surface area contributed by atoms with E-state index in [1.54, 1.807) is 0 Å². The lowest BCUT2D eigenvalue weighted by Gasteiger charge is -2.29. The van der Waals surface area contributed by atoms with Crippen LogP contribution in [-0.2, 0) is 0 Å². The molecule has 0 aliphatic carbocycles. The molecule has 300 valence electrons. The van der Waals surface area contributed by atoms with Crippen molar-refractivity contribution >= 4 is 92.4 Å². The van der Waals surface area contributed by atoms with Gasteiger partial charge in [0.15, 0.2) is 0 Å². The van der Waals surface area contributed by atoms with Crippen LogP contribution in [0.1, 0.15) is 0 Å². The molecule has 3 heterocycles. The van der Waals surface area contributed by atoms with E-state index in [9.17, 15) is 0 Å². The molecule has 0 bridgehead atoms. The first-order valence-corrected chi connectivity index (χ1v) is 22.5. The molecular weight excluding hydrogens is 799 g/mol. The monoisotopic (exact) mass is 835 g/mol. The zero-order chi connectivity index (χ0) is 42.1. The van der Waals surface area contributed by atoms with Crippen molar-refractivity contribution in [3.8, 4) is 44.5 Å². The van der Waals surface area contributed by atoms with Crippen LogP contribution >= 0.6 is 11.3 Å². The van der Waals surface area contributed by atoms with Gasteiger partial charge in [-0.15, -0.1) is 11.3 Å². The van der Waals surface area contributed by atoms with Crippen molar-refractivity contribution in [2.75, 3.05) is 4.90 Å². The molecule has 0 radical (unpaired) electrons. The van der Waals surface area contributed by atoms with Gasteiger partial charge >= 0.3 is 0 Å². The van der Waals surface area contributed by atoms with Crippen LogP contribution in [-0.4, -0.2) is 0 Å². The Balaban J connectivity index is 1.18. The normalized spacial score (nSPS) is 11.8. The molecule has 13 aromatic rings. The molecule has 4 heteroatoms. The largest absolute Gasteiger partial charge is 0.456 e. The molecule has 0 unspecified atom stereocenters. The highest BCUT2D eigenvalue weighted by molar-refractivity contribution is 7.26. The van der Waals surface area contributed by atoms with Crippen molar-refractivity contribution in [2.45, 2.75) is 0 Å². The highest BCUT2D eigenvalue weighted by Gasteiger charge is 2.28. The Morgan fingerprint density at radius 1 is 0.297 bits per heavy atom. The molecule has 13 rings (SSSR count). The first-order chi connectivity index (χ1) is 31.7. The Morgan fingerprint density at radius 2 is 0.859 bits per heavy atom. The third-order valence-electron chi connectivity index (χ3n) is 12.7. The van der Waals surface area contributed by atoms with Crippen LogP contribution in [0, 0.1) is 0 Å². The van der Waals surface area contributed by atoms with Gasteiger partial charge in [-0.1, -0.05) is 164 Å². The van der Waals surface area contributed by atoms with Crippen molar-refractivity contribution in [3.63, 3.8) is 0 Å². The maximum absolute atomic E-state index is 7.15. The third-order valence-corrected chi connectivity index (χ3v) is 13.8. The van der Waals surface area contributed by atoms with E-state index in [0.29, 0.717) is 0 Å². The van der Waals surface area contributed by atoms with E-state index in [2.05, 4.69) is 223 Å². The summed E-state index contributed by atoms with van der Waals surface area (Å²) in [6.45, 7) is 0. The SMILES string of the molecule is c1ccc(-c2ccc3c(c2)oc2c(-c4ccccc4)ccc(N(c4cccc5oc6ccccc6c45)c4cc(-c5ccccc5)cc5sc6cc(-c7ccccc7)ccc6c45)c23)cc1. The second-order valence-electron chi connectivity index (χ2n) is 16.4. The molecule has 3 nitrogen and oxygen atoms in total. The van der Waals surface area contributed by atoms with E-state index in [-0.39, 0.29) is 0 Å². The number of hydrogen-bond acceptors (Lipinski definition) is 4. The van der Waals surface area contributed by atoms with Crippen molar-refractivity contribution < 1.29 is 8.83 Å². The molecule has 3 aromatic heterocycles. The number of nitrogens with zero attached hydrogens (tertiary/aromatic N) is 1. The number of benzene rings is 10. The van der Waals surface area contributed by atoms with Gasteiger partial charge in [-0.25, -0.2) is 0 Å². The van der Waals surface area contributed by atoms with Crippen LogP contribution in [0.15, 0.2) is 233 Å². The Morgan fingerprint density at radius 3 is 1.58 bits per heavy atom. The van der Waals surface area contributed by atoms with E-state index in [4.69, 9.17) is 8.83 Å². The number of hydrogen-bond donors (Lipinski definition) is 0. The molecular formula is C60H37NO2S. The van der Waals surface area contributed by atoms with Crippen molar-refractivity contribution in [1.82, 2.24) is 0 Å². The van der Waals surface area contributed by atoms with Gasteiger partial charge in [0.05, 0.1) is 27.8 Å². The first kappa shape index (κ1) is 36.5. The zero-order valence-corrected chi connectivity index (χ0v) is 35.4. The molecule has 0 atom stereocenters. The maximum Gasteiger partial charge on any atom is 0.145 e. The number of rotatable bonds is 7. The van der Waals surface area contributed by atoms with Crippen LogP contribution in [0.3, 0.4) is 0 Å². The van der Waals surface area contributed by atoms with Gasteiger partial charge in [-0.3, -0.25) is 0 Å². The summed E-state index contributed by atoms with van der Waals surface area (Å²) < 4.78 is 16.2. The number of fused-ring (bicyclic) bond motifs is 9. The molecule has 0 N–H and O–H groups in total. The highest BCUT2D eigenvalue weighted by Crippen LogP contribution is 2.53. The average molecular weight is 836 g/mol. The molecule has 0 fully saturated rings. The number of anilines is 3. The topological polar surface area (TPSA) is 29.5 Å². The fourth-order valence-electron chi connectivity index (χ4n) is 9.70. The van der Waals surface area contributed by atoms with Gasteiger partial charge in [0, 0.05) is 36.5 Å². The second-order valence-corrected chi connectivity index (χ2v) is 17.5. The fourth-order valence-corrected chi connectivity index (χ4v) is 10.9. The van der Waals surface area contributed by atoms with Gasteiger partial charge in [0.1, 0.15) is 22.3 Å². The predicted octanol–water partition coefficient (Wildman–Crippen LogP) is 18.0. The average Bonchev–Trinajstić information content (AvgIpc) is 4.06. The molecule has 0 saturated carbocycles. The Labute approximate surface area is 373 Å². The standard InChI is InChI=1S/C60H37NO2S/c1-5-16-38(17-6-1)42-28-30-47-54(35-42)63-60-45(41-22-11-4-12-23-41)32-33-50(59(47)60)61(49-25-15-27-53-57(49)46-24-13-14-26-52(46)62-53)51-34-44(40-20-9-3-10-21-40)37-56-58(51)48-31-29-43(36-55(48)64-56)39-18-7-2-8-19-39/h1-37H. The van der Waals surface area contributed by atoms with Crippen LogP contribution in [0.5, 0.6) is 0 Å². The number of thiophene rings is 1. The van der Waals surface area contributed by atoms with Gasteiger partial charge in [-0.05, 0) is 99.6 Å². The summed E-state index contributed by atoms with van der Waals surface area (Å²) in [6.07, 6.45) is 0. The van der Waals surface area contributed by atoms with Gasteiger partial charge in [0.25, 0.3) is 0 Å². The Hall–Kier alpha value is -8.18. The van der Waals surface area contributed by atoms with E-state index in [1.165, 1.54) is 31.3 Å². The summed E-state index contributed by atoms with van der Waals surface area (Å²) in [7, 11) is 0. The smallest absolute Gasteiger partial charge is 0.145 e. The van der Waals surface area contributed by atoms with E-state index < -0.39 is 0 Å². The lowest BCUT2D eigenvalue weighted by atomic mass is 9.96. The van der Waals surface area contributed by atoms with Gasteiger partial charge in [0.2, 0.25) is 0 Å². The summed E-state index contributed by atoms with van der Waals surface area (Å²) in [4.78, 5) is 2.49. The lowest BCUT2D eigenvalue weighted by Crippen LogP contribution is -2.11. The minimum Gasteiger partial charge on any atom is -0.456 e. The minimum atomic E-state index is 0.837. The van der Waals surface area contributed by atoms with Crippen molar-refractivity contribution in [3.05, 3.63) is 224 Å². The summed E-state index contributed by atoms with van der Waals surface area (Å²) in [5.74, 6) is 0. The molecule has 0 aliphatic heterocycles. The van der Waals surface area contributed by atoms with E-state index >= 15 is 0 Å². The quantitative estimate of drug-likeness (QED) is 0.160. The van der Waals surface area contributed by atoms with Crippen molar-refractivity contribution in [1.29, 1.82) is 0 Å². The number of furan rings is 2. The molecule has 10 aromatic carbocycles. The molecule has 0 amide bonds. The Kier molecular flexibility index (Phi) is 8.40. The third kappa shape index (κ3) is 5.88. The predicted molar refractivity (Wildman–Crippen MR) is 270 cm³/mol. The molecule has 64 heavy (non-hydrogen) atoms. The zero-order valence-electron chi connectivity index (χ0n) is 34.5. The fraction of sp³-hybridized carbons (Fsp3) is 0.